The lowest BCUT2D eigenvalue weighted by molar-refractivity contribution is -0.118. The predicted molar refractivity (Wildman–Crippen MR) is 111 cm³/mol. The van der Waals surface area contributed by atoms with Gasteiger partial charge in [-0.05, 0) is 47.7 Å². The molecule has 1 amide bonds. The van der Waals surface area contributed by atoms with Crippen molar-refractivity contribution >= 4 is 33.3 Å². The number of hydrogen-bond donors (Lipinski definition) is 2. The molecule has 1 heterocycles. The Bertz CT molecular complexity index is 1230. The molecule has 6 heteroatoms. The Balaban J connectivity index is 1.46. The van der Waals surface area contributed by atoms with Gasteiger partial charge >= 0.3 is 5.63 Å². The number of amides is 1. The minimum atomic E-state index is -0.410. The number of ether oxygens (including phenoxy) is 1. The molecule has 0 saturated heterocycles. The lowest BCUT2D eigenvalue weighted by atomic mass is 10.1. The van der Waals surface area contributed by atoms with E-state index in [2.05, 4.69) is 5.32 Å². The highest BCUT2D eigenvalue weighted by molar-refractivity contribution is 6.04. The molecule has 0 saturated carbocycles. The second-order valence-electron chi connectivity index (χ2n) is 6.60. The number of fused-ring (bicyclic) bond motifs is 3. The Morgan fingerprint density at radius 3 is 2.48 bits per heavy atom. The quantitative estimate of drug-likeness (QED) is 0.389. The summed E-state index contributed by atoms with van der Waals surface area (Å²) in [5.41, 5.74) is 1.64. The number of nitrogens with one attached hydrogen (secondary N) is 1. The van der Waals surface area contributed by atoms with E-state index in [0.29, 0.717) is 28.8 Å². The summed E-state index contributed by atoms with van der Waals surface area (Å²) in [5, 5.41) is 13.8. The fraction of sp³-hybridized carbons (Fsp3) is 0.130. The molecule has 0 aliphatic carbocycles. The molecule has 2 N–H and O–H groups in total. The number of hydrogen-bond acceptors (Lipinski definition) is 5. The van der Waals surface area contributed by atoms with E-state index in [0.717, 1.165) is 16.3 Å². The average molecular weight is 389 g/mol. The number of rotatable bonds is 6. The van der Waals surface area contributed by atoms with E-state index >= 15 is 0 Å². The number of anilines is 1. The number of carbonyl (C=O) groups is 1. The Hall–Kier alpha value is -3.64. The van der Waals surface area contributed by atoms with Crippen LogP contribution in [0.15, 0.2) is 75.9 Å². The van der Waals surface area contributed by atoms with Crippen molar-refractivity contribution in [2.24, 2.45) is 0 Å². The Kier molecular flexibility index (Phi) is 5.27. The maximum Gasteiger partial charge on any atom is 0.344 e. The first-order valence-corrected chi connectivity index (χ1v) is 9.22. The molecule has 0 spiro atoms. The van der Waals surface area contributed by atoms with Crippen molar-refractivity contribution in [2.45, 2.75) is 6.42 Å². The molecule has 0 fully saturated rings. The molecule has 3 aromatic carbocycles. The second-order valence-corrected chi connectivity index (χ2v) is 6.60. The fourth-order valence-corrected chi connectivity index (χ4v) is 3.18. The molecular weight excluding hydrogens is 370 g/mol. The monoisotopic (exact) mass is 389 g/mol. The van der Waals surface area contributed by atoms with Crippen molar-refractivity contribution in [1.82, 2.24) is 0 Å². The zero-order valence-corrected chi connectivity index (χ0v) is 15.6. The van der Waals surface area contributed by atoms with Crippen molar-refractivity contribution in [3.63, 3.8) is 0 Å². The SMILES string of the molecule is O=C(COc1ccc2c(c1)oc(=O)c1ccccc12)Nc1ccc(CCO)cc1. The van der Waals surface area contributed by atoms with Gasteiger partial charge in [-0.1, -0.05) is 30.3 Å². The summed E-state index contributed by atoms with van der Waals surface area (Å²) in [6.45, 7) is -0.0943. The van der Waals surface area contributed by atoms with Crippen LogP contribution in [0, 0.1) is 0 Å². The number of carbonyl (C=O) groups excluding carboxylic acids is 1. The average Bonchev–Trinajstić information content (AvgIpc) is 2.74. The van der Waals surface area contributed by atoms with E-state index in [4.69, 9.17) is 14.3 Å². The summed E-state index contributed by atoms with van der Waals surface area (Å²) in [4.78, 5) is 24.3. The van der Waals surface area contributed by atoms with Gasteiger partial charge in [0, 0.05) is 23.7 Å². The van der Waals surface area contributed by atoms with E-state index < -0.39 is 5.63 Å². The maximum absolute atomic E-state index is 12.2. The van der Waals surface area contributed by atoms with Gasteiger partial charge in [-0.15, -0.1) is 0 Å². The largest absolute Gasteiger partial charge is 0.484 e. The van der Waals surface area contributed by atoms with Crippen LogP contribution >= 0.6 is 0 Å². The molecule has 1 aromatic heterocycles. The van der Waals surface area contributed by atoms with Gasteiger partial charge < -0.3 is 19.6 Å². The van der Waals surface area contributed by atoms with E-state index in [-0.39, 0.29) is 19.1 Å². The van der Waals surface area contributed by atoms with E-state index in [1.165, 1.54) is 0 Å². The van der Waals surface area contributed by atoms with Crippen LogP contribution in [0.5, 0.6) is 5.75 Å². The van der Waals surface area contributed by atoms with E-state index in [9.17, 15) is 9.59 Å². The Labute approximate surface area is 166 Å². The molecule has 6 nitrogen and oxygen atoms in total. The molecule has 0 atom stereocenters. The summed E-state index contributed by atoms with van der Waals surface area (Å²) in [7, 11) is 0. The highest BCUT2D eigenvalue weighted by Gasteiger charge is 2.09. The maximum atomic E-state index is 12.2. The van der Waals surface area contributed by atoms with Gasteiger partial charge in [-0.25, -0.2) is 4.79 Å². The van der Waals surface area contributed by atoms with E-state index in [1.54, 1.807) is 36.4 Å². The smallest absolute Gasteiger partial charge is 0.344 e. The zero-order valence-electron chi connectivity index (χ0n) is 15.6. The molecule has 29 heavy (non-hydrogen) atoms. The normalized spacial score (nSPS) is 10.9. The standard InChI is InChI=1S/C23H19NO5/c25-12-11-15-5-7-16(8-6-15)24-22(26)14-28-17-9-10-19-18-3-1-2-4-20(18)23(27)29-21(19)13-17/h1-10,13,25H,11-12,14H2,(H,24,26). The lowest BCUT2D eigenvalue weighted by Gasteiger charge is -2.09. The molecule has 146 valence electrons. The number of benzene rings is 3. The number of aliphatic hydroxyl groups excluding tert-OH is 1. The molecule has 0 bridgehead atoms. The van der Waals surface area contributed by atoms with Gasteiger partial charge in [0.1, 0.15) is 11.3 Å². The van der Waals surface area contributed by atoms with Crippen molar-refractivity contribution in [3.05, 3.63) is 82.7 Å². The molecule has 0 unspecified atom stereocenters. The van der Waals surface area contributed by atoms with E-state index in [1.807, 2.05) is 30.3 Å². The van der Waals surface area contributed by atoms with Crippen LogP contribution in [0.4, 0.5) is 5.69 Å². The highest BCUT2D eigenvalue weighted by atomic mass is 16.5. The van der Waals surface area contributed by atoms with Crippen LogP contribution in [0.2, 0.25) is 0 Å². The highest BCUT2D eigenvalue weighted by Crippen LogP contribution is 2.26. The first-order chi connectivity index (χ1) is 14.1. The zero-order chi connectivity index (χ0) is 20.2. The second kappa shape index (κ2) is 8.16. The van der Waals surface area contributed by atoms with Crippen LogP contribution in [-0.2, 0) is 11.2 Å². The summed E-state index contributed by atoms with van der Waals surface area (Å²) < 4.78 is 11.0. The van der Waals surface area contributed by atoms with Crippen molar-refractivity contribution in [1.29, 1.82) is 0 Å². The summed E-state index contributed by atoms with van der Waals surface area (Å²) >= 11 is 0. The van der Waals surface area contributed by atoms with Crippen molar-refractivity contribution < 1.29 is 19.1 Å². The third kappa shape index (κ3) is 4.12. The summed E-state index contributed by atoms with van der Waals surface area (Å²) in [5.74, 6) is 0.129. The number of aliphatic hydroxyl groups is 1. The Morgan fingerprint density at radius 1 is 0.966 bits per heavy atom. The minimum absolute atomic E-state index is 0.0845. The van der Waals surface area contributed by atoms with Crippen LogP contribution in [0.1, 0.15) is 5.56 Å². The van der Waals surface area contributed by atoms with Gasteiger partial charge in [-0.3, -0.25) is 4.79 Å². The summed E-state index contributed by atoms with van der Waals surface area (Å²) in [6.07, 6.45) is 0.574. The lowest BCUT2D eigenvalue weighted by Crippen LogP contribution is -2.20. The fourth-order valence-electron chi connectivity index (χ4n) is 3.18. The van der Waals surface area contributed by atoms with Gasteiger partial charge in [0.05, 0.1) is 5.39 Å². The van der Waals surface area contributed by atoms with Crippen molar-refractivity contribution in [3.8, 4) is 5.75 Å². The minimum Gasteiger partial charge on any atom is -0.484 e. The molecule has 4 rings (SSSR count). The van der Waals surface area contributed by atoms with Crippen molar-refractivity contribution in [2.75, 3.05) is 18.5 Å². The molecule has 0 aliphatic rings. The Morgan fingerprint density at radius 2 is 1.72 bits per heavy atom. The topological polar surface area (TPSA) is 88.8 Å². The molecular formula is C23H19NO5. The van der Waals surface area contributed by atoms with Gasteiger partial charge in [0.15, 0.2) is 6.61 Å². The third-order valence-electron chi connectivity index (χ3n) is 4.60. The van der Waals surface area contributed by atoms with Crippen LogP contribution < -0.4 is 15.7 Å². The van der Waals surface area contributed by atoms with Gasteiger partial charge in [-0.2, -0.15) is 0 Å². The first-order valence-electron chi connectivity index (χ1n) is 9.22. The summed E-state index contributed by atoms with van der Waals surface area (Å²) in [6, 6.07) is 19.7. The molecule has 0 radical (unpaired) electrons. The van der Waals surface area contributed by atoms with Gasteiger partial charge in [0.2, 0.25) is 0 Å². The van der Waals surface area contributed by atoms with Crippen LogP contribution in [-0.4, -0.2) is 24.2 Å². The van der Waals surface area contributed by atoms with Crippen LogP contribution in [0.3, 0.4) is 0 Å². The molecule has 0 aliphatic heterocycles. The first kappa shape index (κ1) is 18.7. The predicted octanol–water partition coefficient (Wildman–Crippen LogP) is 3.50. The van der Waals surface area contributed by atoms with Gasteiger partial charge in [0.25, 0.3) is 5.91 Å². The molecule has 4 aromatic rings. The third-order valence-corrected chi connectivity index (χ3v) is 4.60. The van der Waals surface area contributed by atoms with Crippen LogP contribution in [0.25, 0.3) is 21.7 Å².